The minimum Gasteiger partial charge on any atom is -0.507 e. The van der Waals surface area contributed by atoms with Crippen molar-refractivity contribution in [2.75, 3.05) is 4.72 Å². The largest absolute Gasteiger partial charge is 0.507 e. The number of benzene rings is 2. The van der Waals surface area contributed by atoms with Crippen LogP contribution in [0.2, 0.25) is 5.02 Å². The first-order valence-corrected chi connectivity index (χ1v) is 8.65. The standard InChI is InChI=1S/C14H13BrClNO3S/c1-8-3-5-12(9(2)14(8)18)17-21(19,20)13-6-4-10(15)7-11(13)16/h3-7,17-18H,1-2H3. The molecule has 0 bridgehead atoms. The van der Waals surface area contributed by atoms with Crippen LogP contribution >= 0.6 is 27.5 Å². The van der Waals surface area contributed by atoms with Crippen molar-refractivity contribution in [1.29, 1.82) is 0 Å². The lowest BCUT2D eigenvalue weighted by Crippen LogP contribution is -2.14. The molecular formula is C14H13BrClNO3S. The third-order valence-electron chi connectivity index (χ3n) is 3.06. The number of sulfonamides is 1. The molecule has 0 aliphatic heterocycles. The van der Waals surface area contributed by atoms with E-state index in [4.69, 9.17) is 11.6 Å². The predicted octanol–water partition coefficient (Wildman–Crippen LogP) is 4.23. The van der Waals surface area contributed by atoms with Gasteiger partial charge < -0.3 is 5.11 Å². The van der Waals surface area contributed by atoms with Crippen molar-refractivity contribution in [2.24, 2.45) is 0 Å². The topological polar surface area (TPSA) is 66.4 Å². The van der Waals surface area contributed by atoms with Crippen LogP contribution in [0.4, 0.5) is 5.69 Å². The van der Waals surface area contributed by atoms with Gasteiger partial charge in [0, 0.05) is 10.0 Å². The maximum atomic E-state index is 12.4. The van der Waals surface area contributed by atoms with Crippen LogP contribution in [0, 0.1) is 13.8 Å². The van der Waals surface area contributed by atoms with Crippen LogP contribution in [0.25, 0.3) is 0 Å². The van der Waals surface area contributed by atoms with Crippen LogP contribution in [0.1, 0.15) is 11.1 Å². The van der Waals surface area contributed by atoms with Crippen molar-refractivity contribution >= 4 is 43.2 Å². The summed E-state index contributed by atoms with van der Waals surface area (Å²) in [5, 5.41) is 9.99. The quantitative estimate of drug-likeness (QED) is 0.824. The molecule has 0 fully saturated rings. The third-order valence-corrected chi connectivity index (χ3v) is 5.40. The van der Waals surface area contributed by atoms with Crippen molar-refractivity contribution < 1.29 is 13.5 Å². The monoisotopic (exact) mass is 389 g/mol. The number of rotatable bonds is 3. The molecule has 2 rings (SSSR count). The number of nitrogens with one attached hydrogen (secondary N) is 1. The van der Waals surface area contributed by atoms with E-state index in [2.05, 4.69) is 20.7 Å². The van der Waals surface area contributed by atoms with E-state index in [9.17, 15) is 13.5 Å². The molecule has 0 aliphatic carbocycles. The van der Waals surface area contributed by atoms with Crippen LogP contribution < -0.4 is 4.72 Å². The van der Waals surface area contributed by atoms with Gasteiger partial charge in [0.25, 0.3) is 10.0 Å². The molecule has 0 saturated heterocycles. The molecule has 2 aromatic rings. The van der Waals surface area contributed by atoms with E-state index in [1.165, 1.54) is 12.1 Å². The van der Waals surface area contributed by atoms with E-state index in [0.717, 1.165) is 0 Å². The van der Waals surface area contributed by atoms with Gasteiger partial charge in [0.1, 0.15) is 10.6 Å². The van der Waals surface area contributed by atoms with Crippen molar-refractivity contribution in [1.82, 2.24) is 0 Å². The van der Waals surface area contributed by atoms with Gasteiger partial charge in [-0.25, -0.2) is 8.42 Å². The maximum Gasteiger partial charge on any atom is 0.263 e. The number of phenolic OH excluding ortho intramolecular Hbond substituents is 1. The number of aryl methyl sites for hydroxylation is 1. The van der Waals surface area contributed by atoms with E-state index in [1.54, 1.807) is 32.0 Å². The number of aromatic hydroxyl groups is 1. The molecule has 7 heteroatoms. The molecule has 4 nitrogen and oxygen atoms in total. The Bertz CT molecular complexity index is 806. The Labute approximate surface area is 136 Å². The second-order valence-corrected chi connectivity index (χ2v) is 7.56. The average Bonchev–Trinajstić information content (AvgIpc) is 2.39. The Morgan fingerprint density at radius 1 is 1.19 bits per heavy atom. The molecule has 0 radical (unpaired) electrons. The second kappa shape index (κ2) is 5.87. The fraction of sp³-hybridized carbons (Fsp3) is 0.143. The van der Waals surface area contributed by atoms with E-state index in [1.807, 2.05) is 0 Å². The lowest BCUT2D eigenvalue weighted by atomic mass is 10.1. The maximum absolute atomic E-state index is 12.4. The fourth-order valence-electron chi connectivity index (χ4n) is 1.84. The van der Waals surface area contributed by atoms with Crippen molar-refractivity contribution in [3.8, 4) is 5.75 Å². The molecule has 0 aliphatic rings. The summed E-state index contributed by atoms with van der Waals surface area (Å²) in [6.45, 7) is 3.38. The van der Waals surface area contributed by atoms with Gasteiger partial charge in [-0.2, -0.15) is 0 Å². The highest BCUT2D eigenvalue weighted by Crippen LogP contribution is 2.31. The lowest BCUT2D eigenvalue weighted by molar-refractivity contribution is 0.467. The molecule has 2 aromatic carbocycles. The van der Waals surface area contributed by atoms with Crippen LogP contribution in [-0.4, -0.2) is 13.5 Å². The zero-order valence-electron chi connectivity index (χ0n) is 11.3. The van der Waals surface area contributed by atoms with Crippen molar-refractivity contribution in [3.63, 3.8) is 0 Å². The van der Waals surface area contributed by atoms with Gasteiger partial charge >= 0.3 is 0 Å². The minimum absolute atomic E-state index is 0.0215. The summed E-state index contributed by atoms with van der Waals surface area (Å²) in [5.41, 5.74) is 1.46. The highest BCUT2D eigenvalue weighted by Gasteiger charge is 2.20. The van der Waals surface area contributed by atoms with Gasteiger partial charge in [-0.3, -0.25) is 4.72 Å². The number of phenols is 1. The molecule has 2 N–H and O–H groups in total. The van der Waals surface area contributed by atoms with Gasteiger partial charge in [0.05, 0.1) is 10.7 Å². The lowest BCUT2D eigenvalue weighted by Gasteiger charge is -2.13. The van der Waals surface area contributed by atoms with Crippen molar-refractivity contribution in [3.05, 3.63) is 51.0 Å². The summed E-state index contributed by atoms with van der Waals surface area (Å²) < 4.78 is 27.9. The molecule has 0 amide bonds. The molecule has 21 heavy (non-hydrogen) atoms. The summed E-state index contributed by atoms with van der Waals surface area (Å²) in [4.78, 5) is -0.0215. The summed E-state index contributed by atoms with van der Waals surface area (Å²) in [5.74, 6) is 0.0668. The number of anilines is 1. The number of halogens is 2. The highest BCUT2D eigenvalue weighted by molar-refractivity contribution is 9.10. The molecule has 0 saturated carbocycles. The van der Waals surface area contributed by atoms with E-state index < -0.39 is 10.0 Å². The normalized spacial score (nSPS) is 11.4. The molecule has 0 aromatic heterocycles. The van der Waals surface area contributed by atoms with E-state index in [0.29, 0.717) is 21.3 Å². The molecule has 0 spiro atoms. The van der Waals surface area contributed by atoms with Gasteiger partial charge in [-0.15, -0.1) is 0 Å². The first-order valence-electron chi connectivity index (χ1n) is 5.99. The minimum atomic E-state index is -3.83. The zero-order chi connectivity index (χ0) is 15.8. The van der Waals surface area contributed by atoms with Gasteiger partial charge in [0.2, 0.25) is 0 Å². The highest BCUT2D eigenvalue weighted by atomic mass is 79.9. The summed E-state index contributed by atoms with van der Waals surface area (Å²) in [7, 11) is -3.83. The Kier molecular flexibility index (Phi) is 4.51. The van der Waals surface area contributed by atoms with Crippen LogP contribution in [0.3, 0.4) is 0 Å². The Balaban J connectivity index is 2.45. The van der Waals surface area contributed by atoms with Gasteiger partial charge in [-0.05, 0) is 43.7 Å². The van der Waals surface area contributed by atoms with Crippen LogP contribution in [0.15, 0.2) is 39.7 Å². The van der Waals surface area contributed by atoms with Crippen molar-refractivity contribution in [2.45, 2.75) is 18.7 Å². The van der Waals surface area contributed by atoms with E-state index in [-0.39, 0.29) is 15.7 Å². The Morgan fingerprint density at radius 3 is 2.48 bits per heavy atom. The molecule has 112 valence electrons. The van der Waals surface area contributed by atoms with Crippen LogP contribution in [-0.2, 0) is 10.0 Å². The number of hydrogen-bond acceptors (Lipinski definition) is 3. The fourth-order valence-corrected chi connectivity index (χ4v) is 4.00. The molecular weight excluding hydrogens is 378 g/mol. The zero-order valence-corrected chi connectivity index (χ0v) is 14.5. The molecule has 0 unspecified atom stereocenters. The van der Waals surface area contributed by atoms with Crippen LogP contribution in [0.5, 0.6) is 5.75 Å². The molecule has 0 atom stereocenters. The first kappa shape index (κ1) is 16.1. The first-order chi connectivity index (χ1) is 9.72. The molecule has 0 heterocycles. The predicted molar refractivity (Wildman–Crippen MR) is 87.5 cm³/mol. The summed E-state index contributed by atoms with van der Waals surface area (Å²) in [6.07, 6.45) is 0. The smallest absolute Gasteiger partial charge is 0.263 e. The Morgan fingerprint density at radius 2 is 1.86 bits per heavy atom. The van der Waals surface area contributed by atoms with Gasteiger partial charge in [0.15, 0.2) is 0 Å². The number of hydrogen-bond donors (Lipinski definition) is 2. The summed E-state index contributed by atoms with van der Waals surface area (Å²) in [6, 6.07) is 7.77. The average molecular weight is 391 g/mol. The SMILES string of the molecule is Cc1ccc(NS(=O)(=O)c2ccc(Br)cc2Cl)c(C)c1O. The van der Waals surface area contributed by atoms with Gasteiger partial charge in [-0.1, -0.05) is 33.6 Å². The third kappa shape index (κ3) is 3.33. The Hall–Kier alpha value is -1.24. The van der Waals surface area contributed by atoms with E-state index >= 15 is 0 Å². The second-order valence-electron chi connectivity index (χ2n) is 4.58. The summed E-state index contributed by atoms with van der Waals surface area (Å²) >= 11 is 9.20.